The van der Waals surface area contributed by atoms with Gasteiger partial charge in [-0.1, -0.05) is 0 Å². The second-order valence-corrected chi connectivity index (χ2v) is 17.5. The Balaban J connectivity index is 0.000000287. The number of pyridine rings is 2. The van der Waals surface area contributed by atoms with Gasteiger partial charge in [-0.05, 0) is 116 Å². The maximum Gasteiger partial charge on any atom is 0.410 e. The summed E-state index contributed by atoms with van der Waals surface area (Å²) in [5.41, 5.74) is 6.30. The number of amides is 4. The Kier molecular flexibility index (Phi) is 19.1. The molecule has 4 aromatic rings. The van der Waals surface area contributed by atoms with Gasteiger partial charge in [0.15, 0.2) is 0 Å². The molecule has 0 saturated carbocycles. The maximum absolute atomic E-state index is 13.0. The number of nitrogens with two attached hydrogens (primary N) is 1. The van der Waals surface area contributed by atoms with E-state index in [1.54, 1.807) is 104 Å². The van der Waals surface area contributed by atoms with Crippen molar-refractivity contribution in [3.05, 3.63) is 83.2 Å². The lowest BCUT2D eigenvalue weighted by atomic mass is 10.0. The molecule has 2 aromatic carbocycles. The van der Waals surface area contributed by atoms with Crippen molar-refractivity contribution >= 4 is 58.4 Å². The summed E-state index contributed by atoms with van der Waals surface area (Å²) in [5, 5.41) is 29.6. The summed E-state index contributed by atoms with van der Waals surface area (Å²) in [7, 11) is 4.39. The van der Waals surface area contributed by atoms with E-state index in [0.29, 0.717) is 60.4 Å². The number of nitrogens with one attached hydrogen (secondary N) is 4. The van der Waals surface area contributed by atoms with Crippen molar-refractivity contribution in [2.75, 3.05) is 61.3 Å². The Labute approximate surface area is 396 Å². The zero-order valence-corrected chi connectivity index (χ0v) is 40.1. The minimum Gasteiger partial charge on any atom is -0.457 e. The molecule has 368 valence electrons. The maximum atomic E-state index is 13.0. The van der Waals surface area contributed by atoms with Crippen molar-refractivity contribution in [1.29, 1.82) is 0 Å². The van der Waals surface area contributed by atoms with Crippen molar-refractivity contribution in [3.8, 4) is 23.0 Å². The van der Waals surface area contributed by atoms with E-state index in [1.165, 1.54) is 28.1 Å². The van der Waals surface area contributed by atoms with E-state index in [2.05, 4.69) is 31.2 Å². The molecule has 4 heterocycles. The van der Waals surface area contributed by atoms with Gasteiger partial charge in [0, 0.05) is 64.9 Å². The monoisotopic (exact) mass is 944 g/mol. The first-order chi connectivity index (χ1) is 32.2. The van der Waals surface area contributed by atoms with Crippen LogP contribution in [0.25, 0.3) is 0 Å². The van der Waals surface area contributed by atoms with Crippen LogP contribution in [0.15, 0.2) is 73.1 Å². The van der Waals surface area contributed by atoms with Gasteiger partial charge in [0.1, 0.15) is 63.6 Å². The number of aliphatic hydroxyl groups excluding tert-OH is 1. The molecule has 68 heavy (non-hydrogen) atoms. The van der Waals surface area contributed by atoms with Gasteiger partial charge in [-0.25, -0.2) is 19.6 Å². The fourth-order valence-electron chi connectivity index (χ4n) is 7.03. The van der Waals surface area contributed by atoms with Crippen LogP contribution in [0.4, 0.5) is 44.0 Å². The second kappa shape index (κ2) is 24.4. The molecule has 0 bridgehead atoms. The summed E-state index contributed by atoms with van der Waals surface area (Å²) in [5.74, 6) is 1.56. The molecule has 2 atom stereocenters. The van der Waals surface area contributed by atoms with E-state index >= 15 is 0 Å². The number of hydrogen-bond acceptors (Lipinski definition) is 16. The van der Waals surface area contributed by atoms with E-state index in [-0.39, 0.29) is 29.1 Å². The lowest BCUT2D eigenvalue weighted by Crippen LogP contribution is -2.51. The smallest absolute Gasteiger partial charge is 0.410 e. The van der Waals surface area contributed by atoms with Crippen LogP contribution in [0, 0.1) is 10.1 Å². The third kappa shape index (κ3) is 15.9. The number of nitro groups is 1. The third-order valence-corrected chi connectivity index (χ3v) is 10.0. The van der Waals surface area contributed by atoms with Crippen molar-refractivity contribution < 1.29 is 48.2 Å². The quantitative estimate of drug-likeness (QED) is 0.0468. The van der Waals surface area contributed by atoms with Crippen LogP contribution in [-0.4, -0.2) is 111 Å². The van der Waals surface area contributed by atoms with E-state index < -0.39 is 40.4 Å². The predicted molar refractivity (Wildman–Crippen MR) is 258 cm³/mol. The molecule has 0 spiro atoms. The fourth-order valence-corrected chi connectivity index (χ4v) is 7.03. The minimum atomic E-state index is -0.674. The van der Waals surface area contributed by atoms with Gasteiger partial charge in [-0.3, -0.25) is 29.5 Å². The van der Waals surface area contributed by atoms with Crippen LogP contribution in [0.3, 0.4) is 0 Å². The zero-order valence-electron chi connectivity index (χ0n) is 40.1. The Bertz CT molecular complexity index is 2370. The Morgan fingerprint density at radius 2 is 1.07 bits per heavy atom. The number of carbonyl (C=O) groups excluding carboxylic acids is 4. The molecule has 21 nitrogen and oxygen atoms in total. The lowest BCUT2D eigenvalue weighted by molar-refractivity contribution is -0.384. The molecule has 6 rings (SSSR count). The molecule has 7 N–H and O–H groups in total. The van der Waals surface area contributed by atoms with Crippen molar-refractivity contribution in [2.24, 2.45) is 0 Å². The number of aromatic nitrogens is 2. The number of nitrogens with zero attached hydrogens (tertiary/aromatic N) is 5. The number of carbonyl (C=O) groups is 4. The van der Waals surface area contributed by atoms with Crippen molar-refractivity contribution in [3.63, 3.8) is 0 Å². The highest BCUT2D eigenvalue weighted by Gasteiger charge is 2.36. The summed E-state index contributed by atoms with van der Waals surface area (Å²) in [6.07, 6.45) is 6.38. The second-order valence-electron chi connectivity index (χ2n) is 17.5. The predicted octanol–water partition coefficient (Wildman–Crippen LogP) is 8.39. The zero-order chi connectivity index (χ0) is 50.2. The summed E-state index contributed by atoms with van der Waals surface area (Å²) < 4.78 is 22.5. The number of likely N-dealkylation sites (tertiary alicyclic amines) is 2. The molecule has 2 aliphatic heterocycles. The molecule has 2 unspecified atom stereocenters. The molecule has 0 radical (unpaired) electrons. The standard InChI is InChI=1S/C23H29N5O6.C23H31N5O4.CH4O/c1-23(2,3)34-22(30)27-12-6-5-7-18(27)21(29)26-20-14-16(10-11-25-20)33-15-8-9-17(24-4)19(13-15)28(31)32;1-23(2,3)32-22(30)28-12-6-5-7-19(28)21(29)27-20-14-16(10-11-26-20)31-15-8-9-18(25-4)17(24)13-15;1-2/h8-11,13-14,18,24H,5-7,12H2,1-4H3,(H,25,26,29);8-11,13-14,19,25H,5-7,12,24H2,1-4H3,(H,26,27,29);2H,1H3. The average molecular weight is 945 g/mol. The molecule has 2 aliphatic rings. The average Bonchev–Trinajstić information content (AvgIpc) is 3.29. The van der Waals surface area contributed by atoms with Crippen LogP contribution in [-0.2, 0) is 19.1 Å². The van der Waals surface area contributed by atoms with Gasteiger partial charge in [-0.15, -0.1) is 0 Å². The Morgan fingerprint density at radius 3 is 1.47 bits per heavy atom. The lowest BCUT2D eigenvalue weighted by Gasteiger charge is -2.35. The number of anilines is 5. The van der Waals surface area contributed by atoms with E-state index in [4.69, 9.17) is 29.8 Å². The van der Waals surface area contributed by atoms with E-state index in [0.717, 1.165) is 38.5 Å². The van der Waals surface area contributed by atoms with Crippen LogP contribution >= 0.6 is 0 Å². The molecule has 2 aromatic heterocycles. The van der Waals surface area contributed by atoms with E-state index in [1.807, 2.05) is 6.07 Å². The number of aliphatic hydroxyl groups is 1. The van der Waals surface area contributed by atoms with Gasteiger partial charge in [0.05, 0.1) is 22.4 Å². The van der Waals surface area contributed by atoms with Gasteiger partial charge >= 0.3 is 12.2 Å². The van der Waals surface area contributed by atoms with Crippen LogP contribution in [0.5, 0.6) is 23.0 Å². The van der Waals surface area contributed by atoms with Gasteiger partial charge < -0.3 is 51.1 Å². The third-order valence-electron chi connectivity index (χ3n) is 10.0. The number of hydrogen-bond donors (Lipinski definition) is 6. The van der Waals surface area contributed by atoms with Gasteiger partial charge in [0.2, 0.25) is 11.8 Å². The largest absolute Gasteiger partial charge is 0.457 e. The summed E-state index contributed by atoms with van der Waals surface area (Å²) >= 11 is 0. The van der Waals surface area contributed by atoms with Crippen LogP contribution in [0.2, 0.25) is 0 Å². The number of ether oxygens (including phenoxy) is 4. The van der Waals surface area contributed by atoms with E-state index in [9.17, 15) is 29.3 Å². The number of nitrogen functional groups attached to an aromatic ring is 1. The number of nitro benzene ring substituents is 1. The molecule has 21 heteroatoms. The van der Waals surface area contributed by atoms with Crippen molar-refractivity contribution in [2.45, 2.75) is 103 Å². The van der Waals surface area contributed by atoms with Gasteiger partial charge in [-0.2, -0.15) is 0 Å². The highest BCUT2D eigenvalue weighted by Crippen LogP contribution is 2.33. The molecule has 4 amide bonds. The highest BCUT2D eigenvalue weighted by atomic mass is 16.6. The molecular formula is C47H64N10O11. The molecule has 2 saturated heterocycles. The first kappa shape index (κ1) is 53.2. The topological polar surface area (TPSA) is 275 Å². The molecule has 0 aliphatic carbocycles. The first-order valence-corrected chi connectivity index (χ1v) is 22.1. The molecular weight excluding hydrogens is 881 g/mol. The van der Waals surface area contributed by atoms with Crippen LogP contribution < -0.4 is 36.5 Å². The number of benzene rings is 2. The summed E-state index contributed by atoms with van der Waals surface area (Å²) in [6, 6.07) is 14.9. The van der Waals surface area contributed by atoms with Gasteiger partial charge in [0.25, 0.3) is 5.69 Å². The number of rotatable bonds is 11. The Hall–Kier alpha value is -7.42. The van der Waals surface area contributed by atoms with Crippen molar-refractivity contribution in [1.82, 2.24) is 19.8 Å². The molecule has 2 fully saturated rings. The number of piperidine rings is 2. The normalized spacial score (nSPS) is 15.7. The Morgan fingerprint density at radius 1 is 0.662 bits per heavy atom. The van der Waals surface area contributed by atoms with Crippen LogP contribution in [0.1, 0.15) is 80.1 Å². The summed E-state index contributed by atoms with van der Waals surface area (Å²) in [6.45, 7) is 11.7. The highest BCUT2D eigenvalue weighted by molar-refractivity contribution is 5.97. The summed E-state index contributed by atoms with van der Waals surface area (Å²) in [4.78, 5) is 73.2. The minimum absolute atomic E-state index is 0.123. The fraction of sp³-hybridized carbons (Fsp3) is 0.447. The SMILES string of the molecule is CNc1ccc(Oc2ccnc(NC(=O)C3CCCCN3C(=O)OC(C)(C)C)c2)cc1N.CNc1ccc(Oc2ccnc(NC(=O)C3CCCCN3C(=O)OC(C)(C)C)c2)cc1[N+](=O)[O-].CO. The first-order valence-electron chi connectivity index (χ1n) is 22.1.